The van der Waals surface area contributed by atoms with Crippen LogP contribution in [0.3, 0.4) is 0 Å². The number of hydrogen-bond acceptors (Lipinski definition) is 2. The second kappa shape index (κ2) is 4.48. The second-order valence-electron chi connectivity index (χ2n) is 4.49. The normalized spacial score (nSPS) is 11.1. The molecule has 0 aliphatic rings. The minimum absolute atomic E-state index is 0.256. The number of nitrogens with two attached hydrogens (primary N) is 1. The Morgan fingerprint density at radius 1 is 1.26 bits per heavy atom. The van der Waals surface area contributed by atoms with E-state index in [2.05, 4.69) is 4.98 Å². The van der Waals surface area contributed by atoms with Crippen LogP contribution in [0.15, 0.2) is 42.6 Å². The predicted octanol–water partition coefficient (Wildman–Crippen LogP) is 2.91. The molecular weight excluding hydrogens is 241 g/mol. The summed E-state index contributed by atoms with van der Waals surface area (Å²) in [5, 5.41) is 0. The number of halogens is 1. The molecule has 0 saturated carbocycles. The van der Waals surface area contributed by atoms with Crippen LogP contribution in [0, 0.1) is 12.7 Å². The smallest absolute Gasteiger partial charge is 0.137 e. The van der Waals surface area contributed by atoms with E-state index >= 15 is 0 Å². The molecule has 1 aromatic carbocycles. The summed E-state index contributed by atoms with van der Waals surface area (Å²) in [7, 11) is 0. The number of aryl methyl sites for hydroxylation is 1. The van der Waals surface area contributed by atoms with Gasteiger partial charge in [0, 0.05) is 24.0 Å². The van der Waals surface area contributed by atoms with E-state index in [1.165, 1.54) is 6.07 Å². The number of nitrogens with zero attached hydrogens (tertiary/aromatic N) is 2. The first-order chi connectivity index (χ1) is 9.20. The third-order valence-corrected chi connectivity index (χ3v) is 3.29. The lowest BCUT2D eigenvalue weighted by atomic mass is 10.1. The van der Waals surface area contributed by atoms with Crippen LogP contribution in [-0.2, 0) is 6.54 Å². The lowest BCUT2D eigenvalue weighted by Gasteiger charge is -2.01. The van der Waals surface area contributed by atoms with Gasteiger partial charge in [-0.1, -0.05) is 12.1 Å². The average molecular weight is 255 g/mol. The summed E-state index contributed by atoms with van der Waals surface area (Å²) in [4.78, 5) is 4.52. The Morgan fingerprint density at radius 2 is 2.05 bits per heavy atom. The van der Waals surface area contributed by atoms with Crippen molar-refractivity contribution < 1.29 is 4.39 Å². The number of imidazole rings is 1. The monoisotopic (exact) mass is 255 g/mol. The zero-order valence-corrected chi connectivity index (χ0v) is 10.6. The Balaban J connectivity index is 2.25. The van der Waals surface area contributed by atoms with Crippen molar-refractivity contribution in [1.29, 1.82) is 0 Å². The van der Waals surface area contributed by atoms with Crippen molar-refractivity contribution in [3.05, 3.63) is 59.7 Å². The highest BCUT2D eigenvalue weighted by atomic mass is 19.1. The molecule has 0 radical (unpaired) electrons. The molecule has 0 aliphatic carbocycles. The van der Waals surface area contributed by atoms with Crippen molar-refractivity contribution in [3.63, 3.8) is 0 Å². The molecule has 0 fully saturated rings. The van der Waals surface area contributed by atoms with Crippen molar-refractivity contribution in [2.24, 2.45) is 5.73 Å². The van der Waals surface area contributed by atoms with E-state index in [-0.39, 0.29) is 5.82 Å². The Labute approximate surface area is 110 Å². The topological polar surface area (TPSA) is 43.3 Å². The molecule has 2 N–H and O–H groups in total. The van der Waals surface area contributed by atoms with Gasteiger partial charge >= 0.3 is 0 Å². The van der Waals surface area contributed by atoms with Crippen LogP contribution in [0.5, 0.6) is 0 Å². The molecule has 2 heterocycles. The van der Waals surface area contributed by atoms with Crippen LogP contribution in [-0.4, -0.2) is 9.38 Å². The third-order valence-electron chi connectivity index (χ3n) is 3.29. The van der Waals surface area contributed by atoms with Gasteiger partial charge in [-0.3, -0.25) is 0 Å². The van der Waals surface area contributed by atoms with Gasteiger partial charge in [0.1, 0.15) is 11.5 Å². The van der Waals surface area contributed by atoms with Gasteiger partial charge < -0.3 is 10.1 Å². The molecule has 19 heavy (non-hydrogen) atoms. The molecule has 3 nitrogen and oxygen atoms in total. The second-order valence-corrected chi connectivity index (χ2v) is 4.49. The van der Waals surface area contributed by atoms with Gasteiger partial charge in [-0.05, 0) is 36.8 Å². The third kappa shape index (κ3) is 1.90. The molecule has 96 valence electrons. The first-order valence-electron chi connectivity index (χ1n) is 6.13. The first-order valence-corrected chi connectivity index (χ1v) is 6.13. The molecule has 0 amide bonds. The molecule has 0 aliphatic heterocycles. The molecule has 0 unspecified atom stereocenters. The van der Waals surface area contributed by atoms with Gasteiger partial charge in [0.05, 0.1) is 5.69 Å². The van der Waals surface area contributed by atoms with Crippen molar-refractivity contribution in [2.75, 3.05) is 0 Å². The van der Waals surface area contributed by atoms with Gasteiger partial charge in [-0.25, -0.2) is 9.37 Å². The van der Waals surface area contributed by atoms with Gasteiger partial charge in [0.25, 0.3) is 0 Å². The molecule has 3 rings (SSSR count). The zero-order valence-electron chi connectivity index (χ0n) is 10.6. The van der Waals surface area contributed by atoms with E-state index < -0.39 is 0 Å². The maximum absolute atomic E-state index is 13.9. The van der Waals surface area contributed by atoms with Crippen molar-refractivity contribution >= 4 is 5.65 Å². The Bertz CT molecular complexity index is 746. The van der Waals surface area contributed by atoms with Crippen LogP contribution in [0.4, 0.5) is 4.39 Å². The highest BCUT2D eigenvalue weighted by Crippen LogP contribution is 2.26. The molecular formula is C15H14FN3. The summed E-state index contributed by atoms with van der Waals surface area (Å²) in [5.74, 6) is -0.256. The largest absolute Gasteiger partial charge is 0.326 e. The van der Waals surface area contributed by atoms with Gasteiger partial charge in [-0.2, -0.15) is 0 Å². The molecule has 0 atom stereocenters. The van der Waals surface area contributed by atoms with E-state index in [9.17, 15) is 4.39 Å². The van der Waals surface area contributed by atoms with E-state index in [0.717, 1.165) is 16.9 Å². The summed E-state index contributed by atoms with van der Waals surface area (Å²) >= 11 is 0. The van der Waals surface area contributed by atoms with Gasteiger partial charge in [0.15, 0.2) is 0 Å². The fraction of sp³-hybridized carbons (Fsp3) is 0.133. The quantitative estimate of drug-likeness (QED) is 0.765. The summed E-state index contributed by atoms with van der Waals surface area (Å²) in [6.07, 6.45) is 1.92. The van der Waals surface area contributed by atoms with Gasteiger partial charge in [-0.15, -0.1) is 0 Å². The SMILES string of the molecule is Cc1c(-c2ccccc2F)nc2cc(CN)ccn12. The number of hydrogen-bond donors (Lipinski definition) is 1. The zero-order chi connectivity index (χ0) is 13.4. The van der Waals surface area contributed by atoms with Crippen LogP contribution < -0.4 is 5.73 Å². The van der Waals surface area contributed by atoms with E-state index in [1.807, 2.05) is 35.7 Å². The lowest BCUT2D eigenvalue weighted by Crippen LogP contribution is -1.97. The van der Waals surface area contributed by atoms with E-state index in [1.54, 1.807) is 12.1 Å². The number of pyridine rings is 1. The number of benzene rings is 1. The highest BCUT2D eigenvalue weighted by Gasteiger charge is 2.13. The molecule has 2 aromatic heterocycles. The minimum Gasteiger partial charge on any atom is -0.326 e. The molecule has 0 saturated heterocycles. The molecule has 0 spiro atoms. The average Bonchev–Trinajstić information content (AvgIpc) is 2.76. The van der Waals surface area contributed by atoms with Crippen LogP contribution in [0.1, 0.15) is 11.3 Å². The van der Waals surface area contributed by atoms with E-state index in [0.29, 0.717) is 17.8 Å². The summed E-state index contributed by atoms with van der Waals surface area (Å²) in [6.45, 7) is 2.40. The van der Waals surface area contributed by atoms with Crippen LogP contribution >= 0.6 is 0 Å². The first kappa shape index (κ1) is 11.9. The Morgan fingerprint density at radius 3 is 2.79 bits per heavy atom. The highest BCUT2D eigenvalue weighted by molar-refractivity contribution is 5.67. The van der Waals surface area contributed by atoms with Crippen molar-refractivity contribution in [1.82, 2.24) is 9.38 Å². The molecule has 0 bridgehead atoms. The van der Waals surface area contributed by atoms with E-state index in [4.69, 9.17) is 5.73 Å². The number of rotatable bonds is 2. The standard InChI is InChI=1S/C15H14FN3/c1-10-15(12-4-2-3-5-13(12)16)18-14-8-11(9-17)6-7-19(10)14/h2-8H,9,17H2,1H3. The van der Waals surface area contributed by atoms with Crippen molar-refractivity contribution in [3.8, 4) is 11.3 Å². The molecule has 3 aromatic rings. The number of fused-ring (bicyclic) bond motifs is 1. The maximum Gasteiger partial charge on any atom is 0.137 e. The molecule has 4 heteroatoms. The fourth-order valence-corrected chi connectivity index (χ4v) is 2.24. The number of aromatic nitrogens is 2. The van der Waals surface area contributed by atoms with Crippen molar-refractivity contribution in [2.45, 2.75) is 13.5 Å². The minimum atomic E-state index is -0.256. The summed E-state index contributed by atoms with van der Waals surface area (Å²) < 4.78 is 15.8. The lowest BCUT2D eigenvalue weighted by molar-refractivity contribution is 0.630. The fourth-order valence-electron chi connectivity index (χ4n) is 2.24. The Hall–Kier alpha value is -2.20. The Kier molecular flexibility index (Phi) is 2.80. The van der Waals surface area contributed by atoms with Gasteiger partial charge in [0.2, 0.25) is 0 Å². The van der Waals surface area contributed by atoms with Crippen LogP contribution in [0.25, 0.3) is 16.9 Å². The summed E-state index contributed by atoms with van der Waals surface area (Å²) in [5.41, 5.74) is 9.55. The summed E-state index contributed by atoms with van der Waals surface area (Å²) in [6, 6.07) is 10.6. The van der Waals surface area contributed by atoms with Crippen LogP contribution in [0.2, 0.25) is 0 Å². The maximum atomic E-state index is 13.9. The predicted molar refractivity (Wildman–Crippen MR) is 73.2 cm³/mol.